The van der Waals surface area contributed by atoms with E-state index in [0.29, 0.717) is 10.6 Å². The highest BCUT2D eigenvalue weighted by molar-refractivity contribution is 9.09. The quantitative estimate of drug-likeness (QED) is 0.354. The summed E-state index contributed by atoms with van der Waals surface area (Å²) in [5.74, 6) is 0. The zero-order valence-electron chi connectivity index (χ0n) is 9.57. The molecule has 4 nitrogen and oxygen atoms in total. The number of hydrogen-bond acceptors (Lipinski definition) is 3. The molecule has 0 amide bonds. The van der Waals surface area contributed by atoms with E-state index >= 15 is 0 Å². The van der Waals surface area contributed by atoms with Gasteiger partial charge in [0.1, 0.15) is 0 Å². The van der Waals surface area contributed by atoms with Gasteiger partial charge in [-0.25, -0.2) is 0 Å². The van der Waals surface area contributed by atoms with Crippen molar-refractivity contribution in [2.75, 3.05) is 4.95 Å². The molecule has 0 fully saturated rings. The minimum absolute atomic E-state index is 0.0498. The van der Waals surface area contributed by atoms with Gasteiger partial charge in [0.2, 0.25) is 0 Å². The van der Waals surface area contributed by atoms with Crippen molar-refractivity contribution in [3.8, 4) is 0 Å². The van der Waals surface area contributed by atoms with Crippen LogP contribution in [0.3, 0.4) is 0 Å². The summed E-state index contributed by atoms with van der Waals surface area (Å²) >= 11 is 9.21. The molecule has 1 rings (SSSR count). The lowest BCUT2D eigenvalue weighted by atomic mass is 10.2. The zero-order valence-corrected chi connectivity index (χ0v) is 12.9. The van der Waals surface area contributed by atoms with Gasteiger partial charge in [0.25, 0.3) is 5.69 Å². The van der Waals surface area contributed by atoms with Gasteiger partial charge < -0.3 is 4.43 Å². The molecule has 0 aliphatic rings. The van der Waals surface area contributed by atoms with Gasteiger partial charge in [-0.2, -0.15) is 0 Å². The zero-order chi connectivity index (χ0) is 13.1. The van der Waals surface area contributed by atoms with Crippen molar-refractivity contribution >= 4 is 41.5 Å². The maximum Gasteiger partial charge on any atom is 0.274 e. The van der Waals surface area contributed by atoms with Gasteiger partial charge >= 0.3 is 0 Å². The van der Waals surface area contributed by atoms with Gasteiger partial charge in [0, 0.05) is 16.0 Å². The summed E-state index contributed by atoms with van der Waals surface area (Å²) in [6, 6.07) is 4.50. The average Bonchev–Trinajstić information content (AvgIpc) is 2.26. The van der Waals surface area contributed by atoms with Crippen LogP contribution in [0, 0.1) is 10.1 Å². The highest BCUT2D eigenvalue weighted by Crippen LogP contribution is 2.24. The molecule has 0 saturated carbocycles. The van der Waals surface area contributed by atoms with Gasteiger partial charge in [-0.1, -0.05) is 27.5 Å². The molecular weight excluding hydrogens is 326 g/mol. The molecule has 0 aromatic heterocycles. The maximum absolute atomic E-state index is 10.8. The minimum Gasteiger partial charge on any atom is -0.412 e. The molecule has 17 heavy (non-hydrogen) atoms. The number of hydrogen-bond donors (Lipinski definition) is 0. The van der Waals surface area contributed by atoms with Crippen LogP contribution in [-0.2, 0) is 11.0 Å². The Hall–Kier alpha value is -0.433. The highest BCUT2D eigenvalue weighted by Gasteiger charge is 2.23. The Bertz CT molecular complexity index is 428. The Balaban J connectivity index is 2.89. The monoisotopic (exact) mass is 337 g/mol. The predicted octanol–water partition coefficient (Wildman–Crippen LogP) is 3.90. The van der Waals surface area contributed by atoms with E-state index in [2.05, 4.69) is 15.9 Å². The first-order valence-corrected chi connectivity index (χ1v) is 9.60. The van der Waals surface area contributed by atoms with Crippen molar-refractivity contribution in [1.82, 2.24) is 0 Å². The van der Waals surface area contributed by atoms with Crippen molar-refractivity contribution in [2.45, 2.75) is 19.7 Å². The Labute approximate surface area is 114 Å². The van der Waals surface area contributed by atoms with Crippen LogP contribution in [0.4, 0.5) is 5.69 Å². The number of halogens is 2. The third-order valence-electron chi connectivity index (χ3n) is 2.18. The largest absolute Gasteiger partial charge is 0.412 e. The fraction of sp³-hybridized carbons (Fsp3) is 0.400. The van der Waals surface area contributed by atoms with E-state index in [-0.39, 0.29) is 12.3 Å². The van der Waals surface area contributed by atoms with Gasteiger partial charge in [-0.05, 0) is 25.2 Å². The molecular formula is C10H13BrClNO3Si. The average molecular weight is 339 g/mol. The highest BCUT2D eigenvalue weighted by atomic mass is 79.9. The first-order valence-electron chi connectivity index (χ1n) is 4.98. The fourth-order valence-electron chi connectivity index (χ4n) is 1.16. The van der Waals surface area contributed by atoms with E-state index in [1.165, 1.54) is 12.1 Å². The maximum atomic E-state index is 10.8. The summed E-state index contributed by atoms with van der Waals surface area (Å²) in [7, 11) is -1.78. The molecule has 0 bridgehead atoms. The lowest BCUT2D eigenvalue weighted by molar-refractivity contribution is -0.385. The Morgan fingerprint density at radius 1 is 1.53 bits per heavy atom. The number of benzene rings is 1. The molecule has 1 aromatic rings. The van der Waals surface area contributed by atoms with Crippen LogP contribution in [0.15, 0.2) is 18.2 Å². The molecule has 0 heterocycles. The van der Waals surface area contributed by atoms with Crippen molar-refractivity contribution in [3.63, 3.8) is 0 Å². The van der Waals surface area contributed by atoms with Crippen molar-refractivity contribution in [3.05, 3.63) is 38.9 Å². The van der Waals surface area contributed by atoms with Crippen LogP contribution in [0.25, 0.3) is 0 Å². The van der Waals surface area contributed by atoms with E-state index in [1.807, 2.05) is 13.1 Å². The summed E-state index contributed by atoms with van der Waals surface area (Å²) in [5, 5.41) is 11.3. The molecule has 1 aromatic carbocycles. The van der Waals surface area contributed by atoms with Crippen LogP contribution < -0.4 is 0 Å². The minimum atomic E-state index is -1.78. The summed E-state index contributed by atoms with van der Waals surface area (Å²) < 4.78 is 5.74. The summed E-state index contributed by atoms with van der Waals surface area (Å²) in [5.41, 5.74) is 0.567. The molecule has 0 saturated heterocycles. The molecule has 94 valence electrons. The van der Waals surface area contributed by atoms with Gasteiger partial charge in [0.05, 0.1) is 17.1 Å². The summed E-state index contributed by atoms with van der Waals surface area (Å²) in [6.45, 7) is 4.30. The van der Waals surface area contributed by atoms with E-state index in [9.17, 15) is 10.1 Å². The van der Waals surface area contributed by atoms with Crippen LogP contribution in [0.2, 0.25) is 18.1 Å². The van der Waals surface area contributed by atoms with E-state index in [1.54, 1.807) is 6.07 Å². The van der Waals surface area contributed by atoms with Gasteiger partial charge in [-0.3, -0.25) is 10.1 Å². The smallest absolute Gasteiger partial charge is 0.274 e. The van der Waals surface area contributed by atoms with Gasteiger partial charge in [-0.15, -0.1) is 0 Å². The predicted molar refractivity (Wildman–Crippen MR) is 74.2 cm³/mol. The van der Waals surface area contributed by atoms with E-state index < -0.39 is 13.2 Å². The number of rotatable bonds is 5. The Kier molecular flexibility index (Phi) is 5.12. The standard InChI is InChI=1S/C10H13BrClNO3Si/c1-17(2,7-11)16-6-8-5-9(12)3-4-10(8)13(14)15/h3-5H,6-7H2,1-2H3. The van der Waals surface area contributed by atoms with Crippen LogP contribution in [0.5, 0.6) is 0 Å². The summed E-state index contributed by atoms with van der Waals surface area (Å²) in [4.78, 5) is 11.2. The number of nitrogens with zero attached hydrogens (tertiary/aromatic N) is 1. The normalized spacial score (nSPS) is 11.5. The Morgan fingerprint density at radius 3 is 2.71 bits per heavy atom. The molecule has 0 spiro atoms. The second kappa shape index (κ2) is 5.95. The van der Waals surface area contributed by atoms with E-state index in [0.717, 1.165) is 4.95 Å². The van der Waals surface area contributed by atoms with Crippen LogP contribution in [0.1, 0.15) is 5.56 Å². The van der Waals surface area contributed by atoms with Gasteiger partial charge in [0.15, 0.2) is 8.32 Å². The molecule has 0 N–H and O–H groups in total. The fourth-order valence-corrected chi connectivity index (χ4v) is 2.46. The van der Waals surface area contributed by atoms with Crippen molar-refractivity contribution in [1.29, 1.82) is 0 Å². The topological polar surface area (TPSA) is 52.4 Å². The second-order valence-electron chi connectivity index (χ2n) is 4.21. The molecule has 0 aliphatic carbocycles. The van der Waals surface area contributed by atoms with Crippen LogP contribution in [-0.4, -0.2) is 18.2 Å². The SMILES string of the molecule is C[Si](C)(CBr)OCc1cc(Cl)ccc1[N+](=O)[O-]. The molecule has 0 radical (unpaired) electrons. The Morgan fingerprint density at radius 2 is 2.18 bits per heavy atom. The third kappa shape index (κ3) is 4.38. The third-order valence-corrected chi connectivity index (χ3v) is 8.03. The lowest BCUT2D eigenvalue weighted by Crippen LogP contribution is -2.32. The summed E-state index contributed by atoms with van der Waals surface area (Å²) in [6.07, 6.45) is 0. The molecule has 7 heteroatoms. The van der Waals surface area contributed by atoms with Crippen molar-refractivity contribution in [2.24, 2.45) is 0 Å². The molecule has 0 atom stereocenters. The number of nitro groups is 1. The lowest BCUT2D eigenvalue weighted by Gasteiger charge is -2.19. The van der Waals surface area contributed by atoms with Crippen molar-refractivity contribution < 1.29 is 9.35 Å². The molecule has 0 aliphatic heterocycles. The number of alkyl halides is 1. The number of nitro benzene ring substituents is 1. The van der Waals surface area contributed by atoms with E-state index in [4.69, 9.17) is 16.0 Å². The first kappa shape index (κ1) is 14.6. The second-order valence-corrected chi connectivity index (χ2v) is 10.4. The first-order chi connectivity index (χ1) is 7.85. The molecule has 0 unspecified atom stereocenters. The van der Waals surface area contributed by atoms with Crippen LogP contribution >= 0.6 is 27.5 Å².